The maximum atomic E-state index is 4.91. The molecule has 2 aromatic carbocycles. The van der Waals surface area contributed by atoms with Crippen molar-refractivity contribution in [3.05, 3.63) is 67.1 Å². The second-order valence-electron chi connectivity index (χ2n) is 6.36. The average molecular weight is 335 g/mol. The molecule has 4 aromatic heterocycles. The molecule has 0 spiro atoms. The lowest BCUT2D eigenvalue weighted by Crippen LogP contribution is -1.86. The predicted octanol–water partition coefficient (Wildman–Crippen LogP) is 4.81. The summed E-state index contributed by atoms with van der Waals surface area (Å²) in [6, 6.07) is 16.3. The van der Waals surface area contributed by atoms with E-state index in [0.29, 0.717) is 0 Å². The lowest BCUT2D eigenvalue weighted by molar-refractivity contribution is 1.33. The number of benzene rings is 2. The van der Waals surface area contributed by atoms with Crippen LogP contribution in [0.3, 0.4) is 0 Å². The fourth-order valence-electron chi connectivity index (χ4n) is 3.74. The number of fused-ring (bicyclic) bond motifs is 7. The first kappa shape index (κ1) is 13.5. The summed E-state index contributed by atoms with van der Waals surface area (Å²) in [4.78, 5) is 20.9. The van der Waals surface area contributed by atoms with Gasteiger partial charge in [-0.05, 0) is 18.2 Å². The van der Waals surface area contributed by atoms with Crippen molar-refractivity contribution in [3.8, 4) is 11.4 Å². The summed E-state index contributed by atoms with van der Waals surface area (Å²) in [7, 11) is 0. The minimum atomic E-state index is 0.822. The normalized spacial score (nSPS) is 11.8. The van der Waals surface area contributed by atoms with Crippen LogP contribution in [-0.2, 0) is 0 Å². The molecule has 26 heavy (non-hydrogen) atoms. The second-order valence-corrected chi connectivity index (χ2v) is 6.36. The number of aromatic amines is 2. The topological polar surface area (TPSA) is 70.2 Å². The van der Waals surface area contributed by atoms with Gasteiger partial charge in [-0.25, -0.2) is 4.98 Å². The summed E-state index contributed by atoms with van der Waals surface area (Å²) < 4.78 is 0. The number of imidazole rings is 1. The van der Waals surface area contributed by atoms with E-state index in [-0.39, 0.29) is 0 Å². The number of pyridine rings is 2. The molecule has 5 nitrogen and oxygen atoms in total. The summed E-state index contributed by atoms with van der Waals surface area (Å²) in [6.45, 7) is 0. The van der Waals surface area contributed by atoms with Gasteiger partial charge in [-0.15, -0.1) is 0 Å². The van der Waals surface area contributed by atoms with Crippen LogP contribution in [0.25, 0.3) is 55.1 Å². The molecule has 0 unspecified atom stereocenters. The lowest BCUT2D eigenvalue weighted by Gasteiger charge is -2.03. The van der Waals surface area contributed by atoms with Crippen LogP contribution in [0.2, 0.25) is 0 Å². The van der Waals surface area contributed by atoms with Gasteiger partial charge in [0.15, 0.2) is 0 Å². The third kappa shape index (κ3) is 1.71. The fourth-order valence-corrected chi connectivity index (χ4v) is 3.74. The first-order valence-electron chi connectivity index (χ1n) is 8.48. The first-order chi connectivity index (χ1) is 12.9. The van der Waals surface area contributed by atoms with Crippen LogP contribution in [0.4, 0.5) is 0 Å². The van der Waals surface area contributed by atoms with Crippen LogP contribution in [0, 0.1) is 0 Å². The largest absolute Gasteiger partial charge is 0.360 e. The smallest absolute Gasteiger partial charge is 0.140 e. The van der Waals surface area contributed by atoms with Crippen LogP contribution in [-0.4, -0.2) is 24.9 Å². The van der Waals surface area contributed by atoms with Crippen molar-refractivity contribution in [1.82, 2.24) is 24.9 Å². The Bertz CT molecular complexity index is 1370. The Hall–Kier alpha value is -3.73. The van der Waals surface area contributed by atoms with Crippen LogP contribution >= 0.6 is 0 Å². The van der Waals surface area contributed by atoms with E-state index in [4.69, 9.17) is 4.98 Å². The molecule has 0 amide bonds. The maximum Gasteiger partial charge on any atom is 0.140 e. The highest BCUT2D eigenvalue weighted by Crippen LogP contribution is 2.34. The minimum Gasteiger partial charge on any atom is -0.360 e. The quantitative estimate of drug-likeness (QED) is 0.424. The van der Waals surface area contributed by atoms with E-state index in [0.717, 1.165) is 55.1 Å². The SMILES string of the molecule is c1ccc2c(-c3nc4c5ncccc5c5cccnc5c4[nH]3)c[nH]c2c1. The standard InChI is InChI=1S/C21H13N5/c1-2-8-16-12(5-1)15(11-24-16)21-25-19-17-13(6-3-9-22-17)14-7-4-10-23-18(14)20(19)26-21/h1-11,24H,(H,25,26). The molecule has 5 heteroatoms. The van der Waals surface area contributed by atoms with E-state index < -0.39 is 0 Å². The molecular formula is C21H13N5. The van der Waals surface area contributed by atoms with Crippen molar-refractivity contribution >= 4 is 43.7 Å². The molecule has 0 saturated carbocycles. The monoisotopic (exact) mass is 335 g/mol. The van der Waals surface area contributed by atoms with E-state index in [1.807, 2.05) is 42.9 Å². The van der Waals surface area contributed by atoms with Crippen molar-refractivity contribution in [1.29, 1.82) is 0 Å². The van der Waals surface area contributed by atoms with E-state index in [1.54, 1.807) is 0 Å². The van der Waals surface area contributed by atoms with Gasteiger partial charge in [0.25, 0.3) is 0 Å². The highest BCUT2D eigenvalue weighted by atomic mass is 14.9. The van der Waals surface area contributed by atoms with Crippen molar-refractivity contribution in [2.24, 2.45) is 0 Å². The van der Waals surface area contributed by atoms with E-state index in [1.165, 1.54) is 0 Å². The number of nitrogens with one attached hydrogen (secondary N) is 2. The number of hydrogen-bond donors (Lipinski definition) is 2. The van der Waals surface area contributed by atoms with Gasteiger partial charge in [0.05, 0.1) is 16.6 Å². The molecule has 0 aliphatic heterocycles. The van der Waals surface area contributed by atoms with Gasteiger partial charge < -0.3 is 9.97 Å². The number of aromatic nitrogens is 5. The van der Waals surface area contributed by atoms with Crippen molar-refractivity contribution < 1.29 is 0 Å². The van der Waals surface area contributed by atoms with Gasteiger partial charge in [0.1, 0.15) is 11.3 Å². The van der Waals surface area contributed by atoms with Crippen molar-refractivity contribution in [2.45, 2.75) is 0 Å². The number of rotatable bonds is 1. The molecule has 6 rings (SSSR count). The molecule has 122 valence electrons. The minimum absolute atomic E-state index is 0.822. The molecule has 0 aliphatic rings. The summed E-state index contributed by atoms with van der Waals surface area (Å²) >= 11 is 0. The molecule has 0 fully saturated rings. The molecular weight excluding hydrogens is 322 g/mol. The Morgan fingerprint density at radius 3 is 2.31 bits per heavy atom. The molecule has 0 saturated heterocycles. The summed E-state index contributed by atoms with van der Waals surface area (Å²) in [5, 5.41) is 3.29. The molecule has 0 bridgehead atoms. The average Bonchev–Trinajstić information content (AvgIpc) is 3.33. The maximum absolute atomic E-state index is 4.91. The van der Waals surface area contributed by atoms with Crippen LogP contribution in [0.1, 0.15) is 0 Å². The molecule has 0 atom stereocenters. The van der Waals surface area contributed by atoms with Crippen molar-refractivity contribution in [2.75, 3.05) is 0 Å². The van der Waals surface area contributed by atoms with Crippen molar-refractivity contribution in [3.63, 3.8) is 0 Å². The first-order valence-corrected chi connectivity index (χ1v) is 8.48. The zero-order valence-electron chi connectivity index (χ0n) is 13.7. The zero-order valence-corrected chi connectivity index (χ0v) is 13.7. The lowest BCUT2D eigenvalue weighted by atomic mass is 10.1. The Balaban J connectivity index is 1.78. The van der Waals surface area contributed by atoms with Gasteiger partial charge in [0.2, 0.25) is 0 Å². The van der Waals surface area contributed by atoms with E-state index >= 15 is 0 Å². The Morgan fingerprint density at radius 2 is 1.42 bits per heavy atom. The van der Waals surface area contributed by atoms with E-state index in [2.05, 4.69) is 44.2 Å². The predicted molar refractivity (Wildman–Crippen MR) is 104 cm³/mol. The van der Waals surface area contributed by atoms with Gasteiger partial charge in [0, 0.05) is 45.8 Å². The van der Waals surface area contributed by atoms with Crippen LogP contribution in [0.5, 0.6) is 0 Å². The molecule has 0 aliphatic carbocycles. The number of nitrogens with zero attached hydrogens (tertiary/aromatic N) is 3. The van der Waals surface area contributed by atoms with Gasteiger partial charge >= 0.3 is 0 Å². The van der Waals surface area contributed by atoms with E-state index in [9.17, 15) is 0 Å². The number of hydrogen-bond acceptors (Lipinski definition) is 3. The Labute approximate surface area is 147 Å². The summed E-state index contributed by atoms with van der Waals surface area (Å²) in [6.07, 6.45) is 5.62. The van der Waals surface area contributed by atoms with Gasteiger partial charge in [-0.3, -0.25) is 9.97 Å². The van der Waals surface area contributed by atoms with Gasteiger partial charge in [-0.1, -0.05) is 30.3 Å². The Kier molecular flexibility index (Phi) is 2.55. The summed E-state index contributed by atoms with van der Waals surface area (Å²) in [5.74, 6) is 0.822. The fraction of sp³-hybridized carbons (Fsp3) is 0. The Morgan fingerprint density at radius 1 is 0.692 bits per heavy atom. The highest BCUT2D eigenvalue weighted by Gasteiger charge is 2.16. The third-order valence-electron chi connectivity index (χ3n) is 4.91. The molecule has 2 N–H and O–H groups in total. The third-order valence-corrected chi connectivity index (χ3v) is 4.91. The van der Waals surface area contributed by atoms with Crippen LogP contribution in [0.15, 0.2) is 67.1 Å². The number of H-pyrrole nitrogens is 2. The molecule has 4 heterocycles. The number of para-hydroxylation sites is 1. The highest BCUT2D eigenvalue weighted by molar-refractivity contribution is 6.21. The summed E-state index contributed by atoms with van der Waals surface area (Å²) in [5.41, 5.74) is 5.73. The molecule has 0 radical (unpaired) electrons. The molecule has 6 aromatic rings. The zero-order chi connectivity index (χ0) is 17.1. The second kappa shape index (κ2) is 4.89. The van der Waals surface area contributed by atoms with Crippen LogP contribution < -0.4 is 0 Å². The van der Waals surface area contributed by atoms with Gasteiger partial charge in [-0.2, -0.15) is 0 Å².